The minimum Gasteiger partial charge on any atom is -0.395 e. The highest BCUT2D eigenvalue weighted by Gasteiger charge is 2.00. The fraction of sp³-hybridized carbons (Fsp3) is 0.684. The zero-order valence-corrected chi connectivity index (χ0v) is 17.4. The lowest BCUT2D eigenvalue weighted by molar-refractivity contribution is 0.0953. The molecule has 0 radical (unpaired) electrons. The molecule has 4 nitrogen and oxygen atoms in total. The Morgan fingerprint density at radius 3 is 1.92 bits per heavy atom. The largest absolute Gasteiger partial charge is 0.395 e. The molecular formula is C19H35BrN2O2. The molecule has 0 aliphatic heterocycles. The standard InChI is InChI=1S/C13H20BrNO.C6H15NO/c1-3-15(4-2)9-10-16-11-12-7-5-6-8-13(12)14;1-3-7(4-2)5-6-8/h5-8H,3-4,9-11H2,1-2H3;8H,3-6H2,1-2H3. The summed E-state index contributed by atoms with van der Waals surface area (Å²) in [5, 5.41) is 8.46. The molecule has 5 heteroatoms. The van der Waals surface area contributed by atoms with Crippen LogP contribution in [-0.2, 0) is 11.3 Å². The van der Waals surface area contributed by atoms with E-state index < -0.39 is 0 Å². The van der Waals surface area contributed by atoms with Gasteiger partial charge in [-0.3, -0.25) is 0 Å². The molecule has 0 spiro atoms. The molecule has 0 atom stereocenters. The van der Waals surface area contributed by atoms with Crippen molar-refractivity contribution in [1.29, 1.82) is 0 Å². The zero-order valence-electron chi connectivity index (χ0n) is 15.8. The van der Waals surface area contributed by atoms with Gasteiger partial charge in [0.1, 0.15) is 0 Å². The Kier molecular flexibility index (Phi) is 15.7. The summed E-state index contributed by atoms with van der Waals surface area (Å²) in [6, 6.07) is 8.18. The molecule has 1 N–H and O–H groups in total. The second-order valence-corrected chi connectivity index (χ2v) is 6.28. The summed E-state index contributed by atoms with van der Waals surface area (Å²) in [5.74, 6) is 0. The Morgan fingerprint density at radius 2 is 1.46 bits per heavy atom. The average Bonchev–Trinajstić information content (AvgIpc) is 2.62. The molecule has 0 unspecified atom stereocenters. The van der Waals surface area contributed by atoms with Crippen molar-refractivity contribution in [1.82, 2.24) is 9.80 Å². The first kappa shape index (κ1) is 23.5. The van der Waals surface area contributed by atoms with Crippen LogP contribution in [-0.4, -0.2) is 67.4 Å². The molecule has 0 aliphatic carbocycles. The Hall–Kier alpha value is -0.460. The molecule has 0 heterocycles. The summed E-state index contributed by atoms with van der Waals surface area (Å²) < 4.78 is 6.79. The van der Waals surface area contributed by atoms with Gasteiger partial charge in [0.15, 0.2) is 0 Å². The van der Waals surface area contributed by atoms with E-state index in [4.69, 9.17) is 9.84 Å². The van der Waals surface area contributed by atoms with Gasteiger partial charge in [0, 0.05) is 17.6 Å². The van der Waals surface area contributed by atoms with Crippen molar-refractivity contribution in [3.05, 3.63) is 34.3 Å². The van der Waals surface area contributed by atoms with Crippen molar-refractivity contribution in [3.63, 3.8) is 0 Å². The van der Waals surface area contributed by atoms with Gasteiger partial charge >= 0.3 is 0 Å². The number of aliphatic hydroxyl groups excluding tert-OH is 1. The SMILES string of the molecule is CCN(CC)CCO.CCN(CC)CCOCc1ccccc1Br. The number of nitrogens with zero attached hydrogens (tertiary/aromatic N) is 2. The molecule has 1 rings (SSSR count). The van der Waals surface area contributed by atoms with E-state index in [-0.39, 0.29) is 6.61 Å². The Balaban J connectivity index is 0.000000561. The average molecular weight is 403 g/mol. The number of halogens is 1. The van der Waals surface area contributed by atoms with Crippen LogP contribution in [0.5, 0.6) is 0 Å². The van der Waals surface area contributed by atoms with E-state index in [1.54, 1.807) is 0 Å². The molecule has 0 fully saturated rings. The Labute approximate surface area is 156 Å². The van der Waals surface area contributed by atoms with Crippen LogP contribution in [0.1, 0.15) is 33.3 Å². The van der Waals surface area contributed by atoms with Gasteiger partial charge in [-0.2, -0.15) is 0 Å². The van der Waals surface area contributed by atoms with Gasteiger partial charge in [0.05, 0.1) is 19.8 Å². The molecule has 0 aliphatic rings. The van der Waals surface area contributed by atoms with E-state index >= 15 is 0 Å². The van der Waals surface area contributed by atoms with Crippen molar-refractivity contribution < 1.29 is 9.84 Å². The van der Waals surface area contributed by atoms with Crippen LogP contribution >= 0.6 is 15.9 Å². The van der Waals surface area contributed by atoms with Crippen LogP contribution in [0.15, 0.2) is 28.7 Å². The van der Waals surface area contributed by atoms with Crippen LogP contribution in [0.25, 0.3) is 0 Å². The highest BCUT2D eigenvalue weighted by atomic mass is 79.9. The maximum atomic E-state index is 8.46. The lowest BCUT2D eigenvalue weighted by atomic mass is 10.2. The van der Waals surface area contributed by atoms with E-state index in [9.17, 15) is 0 Å². The maximum absolute atomic E-state index is 8.46. The van der Waals surface area contributed by atoms with Crippen molar-refractivity contribution in [2.45, 2.75) is 34.3 Å². The topological polar surface area (TPSA) is 35.9 Å². The van der Waals surface area contributed by atoms with E-state index in [1.807, 2.05) is 18.2 Å². The number of rotatable bonds is 11. The molecular weight excluding hydrogens is 368 g/mol. The van der Waals surface area contributed by atoms with E-state index in [0.29, 0.717) is 6.61 Å². The third-order valence-corrected chi connectivity index (χ3v) is 4.75. The lowest BCUT2D eigenvalue weighted by Crippen LogP contribution is -2.26. The highest BCUT2D eigenvalue weighted by molar-refractivity contribution is 9.10. The number of likely N-dealkylation sites (N-methyl/N-ethyl adjacent to an activating group) is 2. The summed E-state index contributed by atoms with van der Waals surface area (Å²) in [6.07, 6.45) is 0. The lowest BCUT2D eigenvalue weighted by Gasteiger charge is -2.17. The first-order valence-electron chi connectivity index (χ1n) is 8.99. The van der Waals surface area contributed by atoms with Crippen LogP contribution in [0.4, 0.5) is 0 Å². The van der Waals surface area contributed by atoms with E-state index in [2.05, 4.69) is 59.5 Å². The van der Waals surface area contributed by atoms with Gasteiger partial charge in [0.25, 0.3) is 0 Å². The Morgan fingerprint density at radius 1 is 0.917 bits per heavy atom. The predicted octanol–water partition coefficient (Wildman–Crippen LogP) is 3.63. The fourth-order valence-corrected chi connectivity index (χ4v) is 2.61. The maximum Gasteiger partial charge on any atom is 0.0728 e. The first-order valence-corrected chi connectivity index (χ1v) is 9.78. The molecule has 1 aromatic rings. The molecule has 0 aromatic heterocycles. The molecule has 1 aromatic carbocycles. The van der Waals surface area contributed by atoms with E-state index in [0.717, 1.165) is 50.3 Å². The Bertz CT molecular complexity index is 397. The summed E-state index contributed by atoms with van der Waals surface area (Å²) in [5.41, 5.74) is 1.21. The van der Waals surface area contributed by atoms with Crippen LogP contribution in [0, 0.1) is 0 Å². The molecule has 0 bridgehead atoms. The third-order valence-electron chi connectivity index (χ3n) is 3.97. The number of hydrogen-bond donors (Lipinski definition) is 1. The van der Waals surface area contributed by atoms with Crippen molar-refractivity contribution in [3.8, 4) is 0 Å². The molecule has 0 amide bonds. The first-order chi connectivity index (χ1) is 11.6. The number of hydrogen-bond acceptors (Lipinski definition) is 4. The van der Waals surface area contributed by atoms with Crippen molar-refractivity contribution in [2.75, 3.05) is 52.5 Å². The summed E-state index contributed by atoms with van der Waals surface area (Å²) in [4.78, 5) is 4.54. The summed E-state index contributed by atoms with van der Waals surface area (Å²) in [7, 11) is 0. The van der Waals surface area contributed by atoms with Gasteiger partial charge in [0.2, 0.25) is 0 Å². The van der Waals surface area contributed by atoms with Crippen LogP contribution in [0.2, 0.25) is 0 Å². The molecule has 140 valence electrons. The normalized spacial score (nSPS) is 10.8. The van der Waals surface area contributed by atoms with Crippen LogP contribution in [0.3, 0.4) is 0 Å². The second kappa shape index (κ2) is 16.0. The number of benzene rings is 1. The number of aliphatic hydroxyl groups is 1. The predicted molar refractivity (Wildman–Crippen MR) is 106 cm³/mol. The minimum absolute atomic E-state index is 0.279. The molecule has 0 saturated heterocycles. The van der Waals surface area contributed by atoms with Gasteiger partial charge in [-0.05, 0) is 37.8 Å². The third kappa shape index (κ3) is 11.2. The van der Waals surface area contributed by atoms with Crippen molar-refractivity contribution >= 4 is 15.9 Å². The van der Waals surface area contributed by atoms with Crippen LogP contribution < -0.4 is 0 Å². The van der Waals surface area contributed by atoms with Gasteiger partial charge in [-0.1, -0.05) is 61.8 Å². The highest BCUT2D eigenvalue weighted by Crippen LogP contribution is 2.16. The quantitative estimate of drug-likeness (QED) is 0.573. The molecule has 24 heavy (non-hydrogen) atoms. The van der Waals surface area contributed by atoms with Gasteiger partial charge < -0.3 is 19.6 Å². The fourth-order valence-electron chi connectivity index (χ4n) is 2.21. The monoisotopic (exact) mass is 402 g/mol. The summed E-state index contributed by atoms with van der Waals surface area (Å²) in [6.45, 7) is 16.4. The number of ether oxygens (including phenoxy) is 1. The van der Waals surface area contributed by atoms with E-state index in [1.165, 1.54) is 5.56 Å². The van der Waals surface area contributed by atoms with Gasteiger partial charge in [-0.25, -0.2) is 0 Å². The van der Waals surface area contributed by atoms with Crippen molar-refractivity contribution in [2.24, 2.45) is 0 Å². The second-order valence-electron chi connectivity index (χ2n) is 5.42. The summed E-state index contributed by atoms with van der Waals surface area (Å²) >= 11 is 3.51. The smallest absolute Gasteiger partial charge is 0.0728 e. The molecule has 0 saturated carbocycles. The van der Waals surface area contributed by atoms with Gasteiger partial charge in [-0.15, -0.1) is 0 Å². The zero-order chi connectivity index (χ0) is 18.2. The minimum atomic E-state index is 0.279.